The number of alkyl halides is 3. The molecule has 4 aromatic heterocycles. The number of fused-ring (bicyclic) bond motifs is 1. The third-order valence-corrected chi connectivity index (χ3v) is 6.50. The summed E-state index contributed by atoms with van der Waals surface area (Å²) in [5.41, 5.74) is 0.995. The molecule has 32 heavy (non-hydrogen) atoms. The van der Waals surface area contributed by atoms with Crippen molar-refractivity contribution in [1.82, 2.24) is 29.3 Å². The molecule has 0 bridgehead atoms. The van der Waals surface area contributed by atoms with Crippen molar-refractivity contribution in [3.8, 4) is 17.3 Å². The van der Waals surface area contributed by atoms with Gasteiger partial charge in [-0.1, -0.05) is 6.92 Å². The molecule has 0 N–H and O–H groups in total. The van der Waals surface area contributed by atoms with Gasteiger partial charge in [-0.05, 0) is 30.7 Å². The van der Waals surface area contributed by atoms with Crippen molar-refractivity contribution in [2.75, 3.05) is 5.75 Å². The van der Waals surface area contributed by atoms with E-state index in [0.717, 1.165) is 11.0 Å². The maximum absolute atomic E-state index is 12.9. The van der Waals surface area contributed by atoms with Gasteiger partial charge in [-0.15, -0.1) is 5.10 Å². The molecule has 0 aliphatic rings. The Morgan fingerprint density at radius 1 is 1.22 bits per heavy atom. The summed E-state index contributed by atoms with van der Waals surface area (Å²) in [4.78, 5) is 11.7. The molecule has 0 amide bonds. The van der Waals surface area contributed by atoms with E-state index < -0.39 is 21.8 Å². The highest BCUT2D eigenvalue weighted by atomic mass is 32.2. The van der Waals surface area contributed by atoms with Gasteiger partial charge in [0.1, 0.15) is 6.33 Å². The van der Waals surface area contributed by atoms with Gasteiger partial charge >= 0.3 is 11.8 Å². The zero-order valence-corrected chi connectivity index (χ0v) is 17.8. The summed E-state index contributed by atoms with van der Waals surface area (Å²) in [5.74, 6) is -1.65. The van der Waals surface area contributed by atoms with Crippen LogP contribution in [0.1, 0.15) is 18.3 Å². The topological polar surface area (TPSA) is 122 Å². The lowest BCUT2D eigenvalue weighted by Crippen LogP contribution is -2.28. The molecular formula is C18H16F3N7O3S. The van der Waals surface area contributed by atoms with Crippen LogP contribution in [0.2, 0.25) is 0 Å². The first-order valence-electron chi connectivity index (χ1n) is 9.22. The predicted molar refractivity (Wildman–Crippen MR) is 105 cm³/mol. The summed E-state index contributed by atoms with van der Waals surface area (Å²) in [5, 5.41) is 15.8. The first kappa shape index (κ1) is 21.7. The maximum Gasteiger partial charge on any atom is 0.453 e. The van der Waals surface area contributed by atoms with Crippen molar-refractivity contribution in [1.29, 1.82) is 0 Å². The number of hydrogen-bond donors (Lipinski definition) is 0. The van der Waals surface area contributed by atoms with Gasteiger partial charge in [-0.25, -0.2) is 32.4 Å². The van der Waals surface area contributed by atoms with Crippen LogP contribution >= 0.6 is 0 Å². The van der Waals surface area contributed by atoms with Crippen molar-refractivity contribution in [2.24, 2.45) is 7.05 Å². The Hall–Kier alpha value is -3.55. The highest BCUT2D eigenvalue weighted by molar-refractivity contribution is 7.91. The van der Waals surface area contributed by atoms with E-state index in [0.29, 0.717) is 15.8 Å². The van der Waals surface area contributed by atoms with E-state index in [1.54, 1.807) is 13.0 Å². The molecule has 0 radical (unpaired) electrons. The highest BCUT2D eigenvalue weighted by Gasteiger charge is 2.36. The largest absolute Gasteiger partial charge is 0.711 e. The van der Waals surface area contributed by atoms with Crippen molar-refractivity contribution < 1.29 is 26.3 Å². The molecule has 168 valence electrons. The molecule has 4 heterocycles. The van der Waals surface area contributed by atoms with Crippen LogP contribution in [0, 0.1) is 12.1 Å². The van der Waals surface area contributed by atoms with E-state index in [-0.39, 0.29) is 33.6 Å². The number of halogens is 3. The second-order valence-electron chi connectivity index (χ2n) is 6.98. The zero-order chi connectivity index (χ0) is 23.4. The molecule has 0 unspecified atom stereocenters. The van der Waals surface area contributed by atoms with E-state index in [1.807, 2.05) is 0 Å². The van der Waals surface area contributed by atoms with Gasteiger partial charge in [0.15, 0.2) is 26.9 Å². The molecule has 0 aliphatic carbocycles. The summed E-state index contributed by atoms with van der Waals surface area (Å²) in [7, 11) is -2.28. The number of aryl methyl sites for hydroxylation is 2. The normalized spacial score (nSPS) is 12.6. The third kappa shape index (κ3) is 3.55. The number of pyridine rings is 2. The zero-order valence-electron chi connectivity index (χ0n) is 17.0. The average molecular weight is 467 g/mol. The number of rotatable bonds is 4. The Kier molecular flexibility index (Phi) is 4.91. The van der Waals surface area contributed by atoms with Crippen LogP contribution in [0.25, 0.3) is 28.5 Å². The molecule has 0 atom stereocenters. The van der Waals surface area contributed by atoms with Crippen LogP contribution in [-0.2, 0) is 23.1 Å². The number of aromatic nitrogens is 7. The van der Waals surface area contributed by atoms with E-state index >= 15 is 0 Å². The molecule has 0 aromatic carbocycles. The SMILES string of the molecule is CCS(=O)(=O)c1ccc(-n2cnc(C(F)(F)F)n2)nc1-c1nc2cc(C)c[n+]([O-])c2n1C. The lowest BCUT2D eigenvalue weighted by molar-refractivity contribution is -0.580. The summed E-state index contributed by atoms with van der Waals surface area (Å²) in [6.07, 6.45) is -2.58. The predicted octanol–water partition coefficient (Wildman–Crippen LogP) is 1.97. The Morgan fingerprint density at radius 3 is 2.56 bits per heavy atom. The van der Waals surface area contributed by atoms with Crippen molar-refractivity contribution in [3.63, 3.8) is 0 Å². The molecule has 4 rings (SSSR count). The second-order valence-corrected chi connectivity index (χ2v) is 9.22. The fourth-order valence-electron chi connectivity index (χ4n) is 3.21. The van der Waals surface area contributed by atoms with Crippen LogP contribution in [0.5, 0.6) is 0 Å². The molecule has 0 fully saturated rings. The van der Waals surface area contributed by atoms with Gasteiger partial charge < -0.3 is 5.21 Å². The number of sulfone groups is 1. The van der Waals surface area contributed by atoms with Crippen LogP contribution < -0.4 is 4.73 Å². The minimum Gasteiger partial charge on any atom is -0.711 e. The lowest BCUT2D eigenvalue weighted by Gasteiger charge is -2.09. The van der Waals surface area contributed by atoms with Crippen LogP contribution in [0.4, 0.5) is 13.2 Å². The first-order valence-corrected chi connectivity index (χ1v) is 10.9. The molecule has 4 aromatic rings. The quantitative estimate of drug-likeness (QED) is 0.332. The fraction of sp³-hybridized carbons (Fsp3) is 0.278. The summed E-state index contributed by atoms with van der Waals surface area (Å²) >= 11 is 0. The maximum atomic E-state index is 12.9. The molecule has 0 saturated heterocycles. The average Bonchev–Trinajstić information content (AvgIpc) is 3.33. The standard InChI is InChI=1S/C18H16F3N7O3S/c1-4-32(30,31)12-5-6-13(27-9-22-17(25-27)18(19,20)21)24-14(12)15-23-11-7-10(2)8-28(29)16(11)26(15)3/h5-9H,4H2,1-3H3. The monoisotopic (exact) mass is 467 g/mol. The van der Waals surface area contributed by atoms with Gasteiger partial charge in [0, 0.05) is 0 Å². The molecular weight excluding hydrogens is 451 g/mol. The van der Waals surface area contributed by atoms with E-state index in [2.05, 4.69) is 20.1 Å². The first-order chi connectivity index (χ1) is 14.9. The minimum absolute atomic E-state index is 0.0558. The van der Waals surface area contributed by atoms with Gasteiger partial charge in [-0.2, -0.15) is 18.2 Å². The van der Waals surface area contributed by atoms with Gasteiger partial charge in [0.25, 0.3) is 5.82 Å². The Morgan fingerprint density at radius 2 is 1.94 bits per heavy atom. The minimum atomic E-state index is -4.75. The molecule has 0 spiro atoms. The van der Waals surface area contributed by atoms with Gasteiger partial charge in [-0.3, -0.25) is 0 Å². The second kappa shape index (κ2) is 7.25. The van der Waals surface area contributed by atoms with Gasteiger partial charge in [0.05, 0.1) is 23.9 Å². The smallest absolute Gasteiger partial charge is 0.453 e. The van der Waals surface area contributed by atoms with Crippen LogP contribution in [0.3, 0.4) is 0 Å². The number of imidazole rings is 1. The number of hydrogen-bond acceptors (Lipinski definition) is 7. The third-order valence-electron chi connectivity index (χ3n) is 4.74. The van der Waals surface area contributed by atoms with E-state index in [9.17, 15) is 26.8 Å². The molecule has 14 heteroatoms. The molecule has 0 aliphatic heterocycles. The summed E-state index contributed by atoms with van der Waals surface area (Å²) in [6.45, 7) is 3.15. The van der Waals surface area contributed by atoms with E-state index in [1.165, 1.54) is 36.9 Å². The van der Waals surface area contributed by atoms with E-state index in [4.69, 9.17) is 0 Å². The Bertz CT molecular complexity index is 1460. The highest BCUT2D eigenvalue weighted by Crippen LogP contribution is 2.30. The fourth-order valence-corrected chi connectivity index (χ4v) is 4.23. The molecule has 10 nitrogen and oxygen atoms in total. The van der Waals surface area contributed by atoms with Crippen molar-refractivity contribution in [2.45, 2.75) is 24.9 Å². The van der Waals surface area contributed by atoms with Crippen molar-refractivity contribution >= 4 is 21.0 Å². The Labute approximate surface area is 179 Å². The Balaban J connectivity index is 1.99. The van der Waals surface area contributed by atoms with Gasteiger partial charge in [0.2, 0.25) is 5.82 Å². The van der Waals surface area contributed by atoms with Crippen LogP contribution in [-0.4, -0.2) is 43.5 Å². The van der Waals surface area contributed by atoms with Crippen molar-refractivity contribution in [3.05, 3.63) is 47.3 Å². The molecule has 0 saturated carbocycles. The summed E-state index contributed by atoms with van der Waals surface area (Å²) < 4.78 is 66.8. The number of nitrogens with zero attached hydrogens (tertiary/aromatic N) is 7. The van der Waals surface area contributed by atoms with Crippen LogP contribution in [0.15, 0.2) is 35.6 Å². The lowest BCUT2D eigenvalue weighted by atomic mass is 10.3. The summed E-state index contributed by atoms with van der Waals surface area (Å²) in [6, 6.07) is 4.10.